The van der Waals surface area contributed by atoms with Gasteiger partial charge in [-0.3, -0.25) is 14.5 Å². The Morgan fingerprint density at radius 1 is 1.03 bits per heavy atom. The van der Waals surface area contributed by atoms with Crippen LogP contribution in [0, 0.1) is 0 Å². The van der Waals surface area contributed by atoms with Gasteiger partial charge in [0.25, 0.3) is 0 Å². The van der Waals surface area contributed by atoms with Gasteiger partial charge in [-0.15, -0.1) is 0 Å². The van der Waals surface area contributed by atoms with Gasteiger partial charge < -0.3 is 19.9 Å². The lowest BCUT2D eigenvalue weighted by Crippen LogP contribution is -2.44. The first-order valence-electron chi connectivity index (χ1n) is 11.1. The van der Waals surface area contributed by atoms with Crippen molar-refractivity contribution in [3.8, 4) is 11.5 Å². The zero-order valence-corrected chi connectivity index (χ0v) is 19.7. The van der Waals surface area contributed by atoms with Crippen molar-refractivity contribution in [2.45, 2.75) is 18.2 Å². The number of amides is 2. The summed E-state index contributed by atoms with van der Waals surface area (Å²) >= 11 is 1.21. The van der Waals surface area contributed by atoms with E-state index < -0.39 is 11.2 Å². The van der Waals surface area contributed by atoms with E-state index in [9.17, 15) is 14.4 Å². The molecule has 2 N–H and O–H groups in total. The van der Waals surface area contributed by atoms with E-state index in [2.05, 4.69) is 10.3 Å². The first kappa shape index (κ1) is 23.4. The number of rotatable bonds is 6. The number of anilines is 1. The summed E-state index contributed by atoms with van der Waals surface area (Å²) in [4.78, 5) is 43.6. The molecule has 0 radical (unpaired) electrons. The van der Waals surface area contributed by atoms with Crippen molar-refractivity contribution in [1.29, 1.82) is 0 Å². The van der Waals surface area contributed by atoms with Crippen molar-refractivity contribution in [1.82, 2.24) is 4.90 Å². The first-order valence-corrected chi connectivity index (χ1v) is 12.0. The van der Waals surface area contributed by atoms with Crippen molar-refractivity contribution < 1.29 is 29.0 Å². The van der Waals surface area contributed by atoms with Crippen LogP contribution < -0.4 is 14.8 Å². The Hall–Kier alpha value is -4.31. The molecule has 1 saturated heterocycles. The van der Waals surface area contributed by atoms with E-state index in [1.54, 1.807) is 11.0 Å². The number of ether oxygens (including phenoxy) is 2. The second-order valence-corrected chi connectivity index (χ2v) is 9.25. The quantitative estimate of drug-likeness (QED) is 0.516. The van der Waals surface area contributed by atoms with Crippen molar-refractivity contribution in [2.75, 3.05) is 12.1 Å². The second kappa shape index (κ2) is 10.1. The van der Waals surface area contributed by atoms with Crippen LogP contribution in [0.4, 0.5) is 11.4 Å². The molecule has 3 aromatic rings. The fourth-order valence-electron chi connectivity index (χ4n) is 3.75. The van der Waals surface area contributed by atoms with Gasteiger partial charge in [0.1, 0.15) is 5.25 Å². The highest BCUT2D eigenvalue weighted by molar-refractivity contribution is 8.15. The number of amidine groups is 1. The smallest absolute Gasteiger partial charge is 0.335 e. The van der Waals surface area contributed by atoms with Gasteiger partial charge in [0.05, 0.1) is 17.8 Å². The van der Waals surface area contributed by atoms with E-state index >= 15 is 0 Å². The molecular formula is C26H21N3O6S. The number of para-hydroxylation sites is 1. The van der Waals surface area contributed by atoms with Crippen LogP contribution in [0.15, 0.2) is 77.8 Å². The summed E-state index contributed by atoms with van der Waals surface area (Å²) in [5.74, 6) is -0.366. The van der Waals surface area contributed by atoms with Crippen LogP contribution in [0.2, 0.25) is 0 Å². The third-order valence-corrected chi connectivity index (χ3v) is 6.78. The van der Waals surface area contributed by atoms with Crippen molar-refractivity contribution in [2.24, 2.45) is 4.99 Å². The molecule has 1 fully saturated rings. The van der Waals surface area contributed by atoms with Gasteiger partial charge in [0.15, 0.2) is 16.7 Å². The maximum absolute atomic E-state index is 13.3. The lowest BCUT2D eigenvalue weighted by atomic mass is 10.1. The minimum atomic E-state index is -1.05. The fourth-order valence-corrected chi connectivity index (χ4v) is 4.85. The first-order chi connectivity index (χ1) is 17.5. The van der Waals surface area contributed by atoms with Crippen LogP contribution in [-0.4, -0.2) is 45.0 Å². The molecule has 0 unspecified atom stereocenters. The molecule has 2 aliphatic heterocycles. The summed E-state index contributed by atoms with van der Waals surface area (Å²) < 4.78 is 10.8. The fraction of sp³-hybridized carbons (Fsp3) is 0.154. The van der Waals surface area contributed by atoms with E-state index in [0.717, 1.165) is 5.56 Å². The monoisotopic (exact) mass is 503 g/mol. The van der Waals surface area contributed by atoms with Gasteiger partial charge in [-0.25, -0.2) is 9.79 Å². The average Bonchev–Trinajstić information content (AvgIpc) is 3.35. The minimum absolute atomic E-state index is 0.0118. The summed E-state index contributed by atoms with van der Waals surface area (Å²) in [5, 5.41) is 11.5. The third-order valence-electron chi connectivity index (χ3n) is 5.59. The Balaban J connectivity index is 1.37. The molecule has 0 aliphatic carbocycles. The zero-order valence-electron chi connectivity index (χ0n) is 18.9. The Labute approximate surface area is 210 Å². The molecule has 1 atom stereocenters. The largest absolute Gasteiger partial charge is 0.478 e. The number of carboxylic acids is 1. The van der Waals surface area contributed by atoms with E-state index in [4.69, 9.17) is 14.6 Å². The van der Waals surface area contributed by atoms with Crippen LogP contribution in [0.5, 0.6) is 11.5 Å². The number of carbonyl (C=O) groups excluding carboxylic acids is 2. The molecule has 2 amide bonds. The number of thioether (sulfide) groups is 1. The van der Waals surface area contributed by atoms with Crippen LogP contribution in [-0.2, 0) is 16.1 Å². The molecule has 0 aromatic heterocycles. The summed E-state index contributed by atoms with van der Waals surface area (Å²) in [6, 6.07) is 20.6. The number of carbonyl (C=O) groups is 3. The van der Waals surface area contributed by atoms with Crippen LogP contribution in [0.1, 0.15) is 22.3 Å². The van der Waals surface area contributed by atoms with E-state index in [0.29, 0.717) is 28.0 Å². The molecule has 2 aliphatic rings. The lowest BCUT2D eigenvalue weighted by molar-refractivity contribution is -0.129. The standard InChI is InChI=1S/C26H21N3O6S/c30-23-13-22(24(31)27-19-9-7-17(8-10-19)25(32)33)36-26(28-18-4-2-1-3-5-18)29(23)14-16-6-11-20-21(12-16)35-15-34-20/h1-12,22H,13-15H2,(H,27,31)(H,32,33)/t22-/m0/s1. The van der Waals surface area contributed by atoms with Crippen molar-refractivity contribution in [3.63, 3.8) is 0 Å². The van der Waals surface area contributed by atoms with Gasteiger partial charge in [-0.2, -0.15) is 0 Å². The Bertz CT molecular complexity index is 1340. The summed E-state index contributed by atoms with van der Waals surface area (Å²) in [6.07, 6.45) is -0.0118. The zero-order chi connectivity index (χ0) is 25.1. The van der Waals surface area contributed by atoms with E-state index in [1.807, 2.05) is 42.5 Å². The molecule has 10 heteroatoms. The average molecular weight is 504 g/mol. The number of benzene rings is 3. The highest BCUT2D eigenvalue weighted by Crippen LogP contribution is 2.35. The molecule has 5 rings (SSSR count). The van der Waals surface area contributed by atoms with Gasteiger partial charge in [0.2, 0.25) is 18.6 Å². The maximum Gasteiger partial charge on any atom is 0.335 e. The molecule has 0 spiro atoms. The maximum atomic E-state index is 13.3. The molecule has 9 nitrogen and oxygen atoms in total. The van der Waals surface area contributed by atoms with Gasteiger partial charge in [-0.05, 0) is 54.1 Å². The Morgan fingerprint density at radius 2 is 1.78 bits per heavy atom. The summed E-state index contributed by atoms with van der Waals surface area (Å²) in [5.41, 5.74) is 2.07. The molecule has 36 heavy (non-hydrogen) atoms. The van der Waals surface area contributed by atoms with Gasteiger partial charge in [-0.1, -0.05) is 36.0 Å². The van der Waals surface area contributed by atoms with Crippen molar-refractivity contribution in [3.05, 3.63) is 83.9 Å². The van der Waals surface area contributed by atoms with Crippen LogP contribution >= 0.6 is 11.8 Å². The van der Waals surface area contributed by atoms with Gasteiger partial charge in [0, 0.05) is 12.1 Å². The number of hydrogen-bond acceptors (Lipinski definition) is 7. The number of fused-ring (bicyclic) bond motifs is 1. The number of hydrogen-bond donors (Lipinski definition) is 2. The predicted octanol–water partition coefficient (Wildman–Crippen LogP) is 4.27. The summed E-state index contributed by atoms with van der Waals surface area (Å²) in [7, 11) is 0. The number of carboxylic acid groups (broad SMARTS) is 1. The molecule has 0 saturated carbocycles. The van der Waals surface area contributed by atoms with E-state index in [-0.39, 0.29) is 37.1 Å². The molecule has 0 bridgehead atoms. The minimum Gasteiger partial charge on any atom is -0.478 e. The second-order valence-electron chi connectivity index (χ2n) is 8.08. The molecule has 182 valence electrons. The molecule has 3 aromatic carbocycles. The summed E-state index contributed by atoms with van der Waals surface area (Å²) in [6.45, 7) is 0.424. The molecule has 2 heterocycles. The molecular weight excluding hydrogens is 482 g/mol. The third kappa shape index (κ3) is 5.18. The van der Waals surface area contributed by atoms with Crippen LogP contribution in [0.25, 0.3) is 0 Å². The van der Waals surface area contributed by atoms with Crippen LogP contribution in [0.3, 0.4) is 0 Å². The highest BCUT2D eigenvalue weighted by Gasteiger charge is 2.36. The predicted molar refractivity (Wildman–Crippen MR) is 135 cm³/mol. The number of nitrogens with zero attached hydrogens (tertiary/aromatic N) is 2. The van der Waals surface area contributed by atoms with E-state index in [1.165, 1.54) is 36.0 Å². The highest BCUT2D eigenvalue weighted by atomic mass is 32.2. The Kier molecular flexibility index (Phi) is 6.59. The van der Waals surface area contributed by atoms with Crippen molar-refractivity contribution >= 4 is 46.1 Å². The number of aromatic carboxylic acids is 1. The SMILES string of the molecule is O=C(O)c1ccc(NC(=O)[C@@H]2CC(=O)N(Cc3ccc4c(c3)OCO4)C(=Nc3ccccc3)S2)cc1. The number of nitrogens with one attached hydrogen (secondary N) is 1. The lowest BCUT2D eigenvalue weighted by Gasteiger charge is -2.32. The topological polar surface area (TPSA) is 118 Å². The van der Waals surface area contributed by atoms with Gasteiger partial charge >= 0.3 is 5.97 Å². The number of aliphatic imine (C=N–C) groups is 1. The normalized spacial score (nSPS) is 17.8. The Morgan fingerprint density at radius 3 is 2.53 bits per heavy atom.